The molecule has 0 atom stereocenters. The number of aromatic nitrogens is 1. The van der Waals surface area contributed by atoms with E-state index in [4.69, 9.17) is 4.42 Å². The van der Waals surface area contributed by atoms with Gasteiger partial charge in [0.15, 0.2) is 5.78 Å². The largest absolute Gasteiger partial charge is 0.441 e. The zero-order chi connectivity index (χ0) is 11.5. The van der Waals surface area contributed by atoms with Crippen LogP contribution in [0.1, 0.15) is 29.6 Å². The van der Waals surface area contributed by atoms with Crippen molar-refractivity contribution in [2.75, 3.05) is 0 Å². The molecule has 0 saturated carbocycles. The number of Topliss-reactive ketones (excluding diaryl/α,β-unsaturated/α-hetero) is 1. The van der Waals surface area contributed by atoms with Gasteiger partial charge in [-0.1, -0.05) is 25.1 Å². The predicted molar refractivity (Wildman–Crippen MR) is 61.3 cm³/mol. The van der Waals surface area contributed by atoms with Crippen LogP contribution in [0, 0.1) is 6.92 Å². The Balaban J connectivity index is 2.42. The summed E-state index contributed by atoms with van der Waals surface area (Å²) >= 11 is 0. The maximum Gasteiger partial charge on any atom is 0.226 e. The van der Waals surface area contributed by atoms with Crippen LogP contribution in [0.15, 0.2) is 34.7 Å². The van der Waals surface area contributed by atoms with Gasteiger partial charge in [0.1, 0.15) is 11.5 Å². The summed E-state index contributed by atoms with van der Waals surface area (Å²) in [5, 5.41) is 0. The van der Waals surface area contributed by atoms with E-state index in [1.807, 2.05) is 37.3 Å². The highest BCUT2D eigenvalue weighted by Gasteiger charge is 2.15. The number of nitrogens with zero attached hydrogens (tertiary/aromatic N) is 1. The maximum absolute atomic E-state index is 11.6. The summed E-state index contributed by atoms with van der Waals surface area (Å²) in [5.74, 6) is 1.11. The summed E-state index contributed by atoms with van der Waals surface area (Å²) in [5.41, 5.74) is 1.34. The lowest BCUT2D eigenvalue weighted by molar-refractivity contribution is 0.0982. The SMILES string of the molecule is CCC(=O)c1nc(-c2ccccc2)oc1C. The fourth-order valence-corrected chi connectivity index (χ4v) is 1.53. The van der Waals surface area contributed by atoms with E-state index in [0.717, 1.165) is 5.56 Å². The average Bonchev–Trinajstić information content (AvgIpc) is 2.71. The van der Waals surface area contributed by atoms with Crippen molar-refractivity contribution in [2.24, 2.45) is 0 Å². The molecule has 0 unspecified atom stereocenters. The van der Waals surface area contributed by atoms with E-state index in [9.17, 15) is 4.79 Å². The van der Waals surface area contributed by atoms with Crippen LogP contribution in [0.4, 0.5) is 0 Å². The third-order valence-electron chi connectivity index (χ3n) is 2.40. The molecule has 3 heteroatoms. The summed E-state index contributed by atoms with van der Waals surface area (Å²) in [6.45, 7) is 3.58. The summed E-state index contributed by atoms with van der Waals surface area (Å²) in [6.07, 6.45) is 0.446. The summed E-state index contributed by atoms with van der Waals surface area (Å²) in [6, 6.07) is 9.57. The Morgan fingerprint density at radius 1 is 1.31 bits per heavy atom. The van der Waals surface area contributed by atoms with Gasteiger partial charge in [0.05, 0.1) is 0 Å². The van der Waals surface area contributed by atoms with Gasteiger partial charge in [-0.05, 0) is 19.1 Å². The monoisotopic (exact) mass is 215 g/mol. The van der Waals surface area contributed by atoms with Crippen LogP contribution in [-0.2, 0) is 0 Å². The van der Waals surface area contributed by atoms with Crippen molar-refractivity contribution >= 4 is 5.78 Å². The molecule has 1 heterocycles. The molecule has 82 valence electrons. The second kappa shape index (κ2) is 4.31. The lowest BCUT2D eigenvalue weighted by atomic mass is 10.2. The topological polar surface area (TPSA) is 43.1 Å². The number of hydrogen-bond acceptors (Lipinski definition) is 3. The molecule has 0 saturated heterocycles. The Hall–Kier alpha value is -1.90. The fourth-order valence-electron chi connectivity index (χ4n) is 1.53. The van der Waals surface area contributed by atoms with E-state index < -0.39 is 0 Å². The van der Waals surface area contributed by atoms with E-state index in [1.54, 1.807) is 6.92 Å². The average molecular weight is 215 g/mol. The fraction of sp³-hybridized carbons (Fsp3) is 0.231. The summed E-state index contributed by atoms with van der Waals surface area (Å²) < 4.78 is 5.49. The molecule has 0 spiro atoms. The lowest BCUT2D eigenvalue weighted by Gasteiger charge is -1.92. The number of ketones is 1. The van der Waals surface area contributed by atoms with Crippen LogP contribution in [0.25, 0.3) is 11.5 Å². The first-order valence-corrected chi connectivity index (χ1v) is 5.28. The van der Waals surface area contributed by atoms with Crippen molar-refractivity contribution in [1.82, 2.24) is 4.98 Å². The van der Waals surface area contributed by atoms with Crippen molar-refractivity contribution in [3.63, 3.8) is 0 Å². The van der Waals surface area contributed by atoms with Gasteiger partial charge in [-0.3, -0.25) is 4.79 Å². The van der Waals surface area contributed by atoms with Crippen LogP contribution in [0.2, 0.25) is 0 Å². The molecule has 0 aliphatic heterocycles. The third kappa shape index (κ3) is 1.89. The number of oxazole rings is 1. The Labute approximate surface area is 94.1 Å². The minimum absolute atomic E-state index is 0.0171. The molecule has 1 aromatic carbocycles. The number of benzene rings is 1. The lowest BCUT2D eigenvalue weighted by Crippen LogP contribution is -1.98. The quantitative estimate of drug-likeness (QED) is 0.738. The Bertz CT molecular complexity index is 500. The molecule has 2 aromatic rings. The Morgan fingerprint density at radius 2 is 2.00 bits per heavy atom. The van der Waals surface area contributed by atoms with Crippen molar-refractivity contribution in [2.45, 2.75) is 20.3 Å². The molecular weight excluding hydrogens is 202 g/mol. The van der Waals surface area contributed by atoms with Gasteiger partial charge >= 0.3 is 0 Å². The van der Waals surface area contributed by atoms with Gasteiger partial charge in [0.25, 0.3) is 0 Å². The van der Waals surface area contributed by atoms with Crippen LogP contribution < -0.4 is 0 Å². The number of hydrogen-bond donors (Lipinski definition) is 0. The third-order valence-corrected chi connectivity index (χ3v) is 2.40. The van der Waals surface area contributed by atoms with Crippen LogP contribution in [-0.4, -0.2) is 10.8 Å². The van der Waals surface area contributed by atoms with Gasteiger partial charge in [-0.15, -0.1) is 0 Å². The molecule has 0 aliphatic carbocycles. The van der Waals surface area contributed by atoms with Crippen molar-refractivity contribution in [3.8, 4) is 11.5 Å². The number of rotatable bonds is 3. The molecule has 0 aliphatic rings. The molecule has 1 aromatic heterocycles. The van der Waals surface area contributed by atoms with E-state index in [0.29, 0.717) is 23.8 Å². The highest BCUT2D eigenvalue weighted by molar-refractivity contribution is 5.95. The first-order valence-electron chi connectivity index (χ1n) is 5.28. The Morgan fingerprint density at radius 3 is 2.62 bits per heavy atom. The van der Waals surface area contributed by atoms with Crippen LogP contribution >= 0.6 is 0 Å². The number of carbonyl (C=O) groups is 1. The second-order valence-corrected chi connectivity index (χ2v) is 3.57. The van der Waals surface area contributed by atoms with Crippen molar-refractivity contribution in [1.29, 1.82) is 0 Å². The van der Waals surface area contributed by atoms with E-state index in [-0.39, 0.29) is 5.78 Å². The molecule has 0 amide bonds. The van der Waals surface area contributed by atoms with Gasteiger partial charge in [-0.2, -0.15) is 0 Å². The molecule has 3 nitrogen and oxygen atoms in total. The van der Waals surface area contributed by atoms with Crippen LogP contribution in [0.5, 0.6) is 0 Å². The van der Waals surface area contributed by atoms with E-state index in [2.05, 4.69) is 4.98 Å². The molecule has 2 rings (SSSR count). The smallest absolute Gasteiger partial charge is 0.226 e. The molecule has 0 bridgehead atoms. The number of carbonyl (C=O) groups excluding carboxylic acids is 1. The highest BCUT2D eigenvalue weighted by atomic mass is 16.4. The molecule has 0 fully saturated rings. The molecule has 16 heavy (non-hydrogen) atoms. The zero-order valence-corrected chi connectivity index (χ0v) is 9.36. The summed E-state index contributed by atoms with van der Waals surface area (Å²) in [4.78, 5) is 15.8. The maximum atomic E-state index is 11.6. The first-order chi connectivity index (χ1) is 7.72. The van der Waals surface area contributed by atoms with Crippen LogP contribution in [0.3, 0.4) is 0 Å². The highest BCUT2D eigenvalue weighted by Crippen LogP contribution is 2.21. The van der Waals surface area contributed by atoms with E-state index in [1.165, 1.54) is 0 Å². The summed E-state index contributed by atoms with van der Waals surface area (Å²) in [7, 11) is 0. The van der Waals surface area contributed by atoms with Gasteiger partial charge < -0.3 is 4.42 Å². The normalized spacial score (nSPS) is 10.4. The molecule has 0 radical (unpaired) electrons. The second-order valence-electron chi connectivity index (χ2n) is 3.57. The predicted octanol–water partition coefficient (Wildman–Crippen LogP) is 3.24. The first kappa shape index (κ1) is 10.6. The molecule has 0 N–H and O–H groups in total. The van der Waals surface area contributed by atoms with Gasteiger partial charge in [0.2, 0.25) is 5.89 Å². The van der Waals surface area contributed by atoms with Crippen molar-refractivity contribution < 1.29 is 9.21 Å². The molecular formula is C13H13NO2. The van der Waals surface area contributed by atoms with Crippen molar-refractivity contribution in [3.05, 3.63) is 41.8 Å². The van der Waals surface area contributed by atoms with Gasteiger partial charge in [0, 0.05) is 12.0 Å². The minimum atomic E-state index is 0.0171. The standard InChI is InChI=1S/C13H13NO2/c1-3-11(15)12-9(2)16-13(14-12)10-7-5-4-6-8-10/h4-8H,3H2,1-2H3. The Kier molecular flexibility index (Phi) is 2.86. The van der Waals surface area contributed by atoms with E-state index >= 15 is 0 Å². The zero-order valence-electron chi connectivity index (χ0n) is 9.36. The van der Waals surface area contributed by atoms with Gasteiger partial charge in [-0.25, -0.2) is 4.98 Å². The number of aryl methyl sites for hydroxylation is 1. The minimum Gasteiger partial charge on any atom is -0.441 e.